The Kier molecular flexibility index (Phi) is 4.24. The highest BCUT2D eigenvalue weighted by Gasteiger charge is 2.22. The van der Waals surface area contributed by atoms with E-state index in [1.165, 1.54) is 16.5 Å². The van der Waals surface area contributed by atoms with Gasteiger partial charge < -0.3 is 5.32 Å². The van der Waals surface area contributed by atoms with E-state index in [0.717, 1.165) is 29.2 Å². The maximum absolute atomic E-state index is 10.8. The second-order valence-electron chi connectivity index (χ2n) is 5.18. The number of thiophene rings is 1. The van der Waals surface area contributed by atoms with Gasteiger partial charge in [0.25, 0.3) is 5.69 Å². The molecule has 1 unspecified atom stereocenters. The van der Waals surface area contributed by atoms with Crippen LogP contribution in [-0.2, 0) is 13.0 Å². The molecule has 1 atom stereocenters. The first-order chi connectivity index (χ1) is 10.1. The third-order valence-corrected chi connectivity index (χ3v) is 5.10. The van der Waals surface area contributed by atoms with Gasteiger partial charge in [0, 0.05) is 29.6 Å². The Hall–Kier alpha value is -1.43. The summed E-state index contributed by atoms with van der Waals surface area (Å²) in [4.78, 5) is 11.8. The van der Waals surface area contributed by atoms with Crippen molar-refractivity contribution in [3.05, 3.63) is 60.8 Å². The summed E-state index contributed by atoms with van der Waals surface area (Å²) in [5.74, 6) is 0. The number of halogens is 1. The van der Waals surface area contributed by atoms with E-state index in [-0.39, 0.29) is 16.7 Å². The van der Waals surface area contributed by atoms with Crippen LogP contribution in [0.15, 0.2) is 30.3 Å². The first-order valence-electron chi connectivity index (χ1n) is 6.88. The molecule has 1 aliphatic carbocycles. The number of rotatable bonds is 4. The van der Waals surface area contributed by atoms with Crippen LogP contribution in [0.4, 0.5) is 5.69 Å². The molecule has 1 N–H and O–H groups in total. The number of nitro groups is 1. The summed E-state index contributed by atoms with van der Waals surface area (Å²) >= 11 is 7.76. The van der Waals surface area contributed by atoms with Gasteiger partial charge in [0.2, 0.25) is 0 Å². The number of fused-ring (bicyclic) bond motifs is 1. The molecule has 3 rings (SSSR count). The van der Waals surface area contributed by atoms with Crippen molar-refractivity contribution < 1.29 is 4.92 Å². The van der Waals surface area contributed by atoms with Crippen molar-refractivity contribution in [2.75, 3.05) is 0 Å². The molecule has 21 heavy (non-hydrogen) atoms. The molecule has 0 saturated carbocycles. The number of benzene rings is 1. The highest BCUT2D eigenvalue weighted by atomic mass is 35.5. The molecule has 1 aromatic heterocycles. The summed E-state index contributed by atoms with van der Waals surface area (Å²) in [6.45, 7) is 0.624. The first-order valence-corrected chi connectivity index (χ1v) is 8.08. The van der Waals surface area contributed by atoms with Crippen molar-refractivity contribution in [2.24, 2.45) is 0 Å². The van der Waals surface area contributed by atoms with E-state index >= 15 is 0 Å². The van der Waals surface area contributed by atoms with E-state index in [0.29, 0.717) is 6.54 Å². The minimum atomic E-state index is -0.360. The fourth-order valence-corrected chi connectivity index (χ4v) is 4.14. The van der Waals surface area contributed by atoms with Crippen LogP contribution in [0.5, 0.6) is 0 Å². The Bertz CT molecular complexity index is 671. The second kappa shape index (κ2) is 6.13. The zero-order valence-corrected chi connectivity index (χ0v) is 12.9. The molecule has 0 bridgehead atoms. The van der Waals surface area contributed by atoms with Gasteiger partial charge in [-0.05, 0) is 36.5 Å². The standard InChI is InChI=1S/C15H15ClN2O2S/c16-15-8-12-13(5-2-6-14(12)21-15)17-9-10-3-1-4-11(7-10)18(19)20/h1,3-4,7-8,13,17H,2,5-6,9H2. The van der Waals surface area contributed by atoms with Gasteiger partial charge in [0.1, 0.15) is 0 Å². The van der Waals surface area contributed by atoms with Crippen LogP contribution < -0.4 is 5.32 Å². The minimum absolute atomic E-state index is 0.136. The lowest BCUT2D eigenvalue weighted by atomic mass is 9.94. The molecular weight excluding hydrogens is 308 g/mol. The molecule has 2 aromatic rings. The number of nitrogens with zero attached hydrogens (tertiary/aromatic N) is 1. The van der Waals surface area contributed by atoms with Crippen LogP contribution in [0.25, 0.3) is 0 Å². The zero-order chi connectivity index (χ0) is 14.8. The van der Waals surface area contributed by atoms with Crippen LogP contribution in [0, 0.1) is 10.1 Å². The maximum Gasteiger partial charge on any atom is 0.269 e. The first kappa shape index (κ1) is 14.5. The highest BCUT2D eigenvalue weighted by Crippen LogP contribution is 2.37. The molecule has 1 heterocycles. The summed E-state index contributed by atoms with van der Waals surface area (Å²) in [5.41, 5.74) is 2.36. The molecular formula is C15H15ClN2O2S. The number of hydrogen-bond acceptors (Lipinski definition) is 4. The smallest absolute Gasteiger partial charge is 0.269 e. The summed E-state index contributed by atoms with van der Waals surface area (Å²) in [6.07, 6.45) is 3.33. The van der Waals surface area contributed by atoms with Gasteiger partial charge in [-0.15, -0.1) is 11.3 Å². The Labute approximate surface area is 131 Å². The van der Waals surface area contributed by atoms with Crippen molar-refractivity contribution in [3.63, 3.8) is 0 Å². The predicted octanol–water partition coefficient (Wildman–Crippen LogP) is 4.48. The molecule has 0 fully saturated rings. The van der Waals surface area contributed by atoms with E-state index < -0.39 is 0 Å². The Balaban J connectivity index is 1.71. The lowest BCUT2D eigenvalue weighted by Crippen LogP contribution is -2.23. The third-order valence-electron chi connectivity index (χ3n) is 3.76. The third kappa shape index (κ3) is 3.26. The van der Waals surface area contributed by atoms with Gasteiger partial charge in [-0.1, -0.05) is 23.7 Å². The van der Waals surface area contributed by atoms with Crippen LogP contribution in [-0.4, -0.2) is 4.92 Å². The van der Waals surface area contributed by atoms with Crippen LogP contribution in [0.1, 0.15) is 34.9 Å². The summed E-state index contributed by atoms with van der Waals surface area (Å²) < 4.78 is 0.837. The molecule has 1 aromatic carbocycles. The SMILES string of the molecule is O=[N+]([O-])c1cccc(CNC2CCCc3sc(Cl)cc32)c1. The lowest BCUT2D eigenvalue weighted by molar-refractivity contribution is -0.384. The fraction of sp³-hybridized carbons (Fsp3) is 0.333. The number of hydrogen-bond donors (Lipinski definition) is 1. The topological polar surface area (TPSA) is 55.2 Å². The zero-order valence-electron chi connectivity index (χ0n) is 11.3. The van der Waals surface area contributed by atoms with Crippen LogP contribution in [0.2, 0.25) is 4.34 Å². The van der Waals surface area contributed by atoms with E-state index in [9.17, 15) is 10.1 Å². The van der Waals surface area contributed by atoms with Crippen molar-refractivity contribution in [1.29, 1.82) is 0 Å². The molecule has 4 nitrogen and oxygen atoms in total. The van der Waals surface area contributed by atoms with E-state index in [1.807, 2.05) is 12.1 Å². The summed E-state index contributed by atoms with van der Waals surface area (Å²) in [6, 6.07) is 9.11. The second-order valence-corrected chi connectivity index (χ2v) is 6.95. The number of nitro benzene ring substituents is 1. The van der Waals surface area contributed by atoms with Gasteiger partial charge in [-0.2, -0.15) is 0 Å². The largest absolute Gasteiger partial charge is 0.306 e. The van der Waals surface area contributed by atoms with Crippen molar-refractivity contribution in [3.8, 4) is 0 Å². The van der Waals surface area contributed by atoms with Gasteiger partial charge >= 0.3 is 0 Å². The highest BCUT2D eigenvalue weighted by molar-refractivity contribution is 7.16. The average Bonchev–Trinajstić information content (AvgIpc) is 2.86. The van der Waals surface area contributed by atoms with Gasteiger partial charge in [-0.3, -0.25) is 10.1 Å². The molecule has 0 spiro atoms. The molecule has 0 amide bonds. The maximum atomic E-state index is 10.8. The van der Waals surface area contributed by atoms with E-state index in [1.54, 1.807) is 23.5 Å². The summed E-state index contributed by atoms with van der Waals surface area (Å²) in [5, 5.41) is 14.3. The van der Waals surface area contributed by atoms with Crippen molar-refractivity contribution in [2.45, 2.75) is 31.8 Å². The van der Waals surface area contributed by atoms with Crippen molar-refractivity contribution >= 4 is 28.6 Å². The predicted molar refractivity (Wildman–Crippen MR) is 84.9 cm³/mol. The van der Waals surface area contributed by atoms with Gasteiger partial charge in [0.15, 0.2) is 0 Å². The van der Waals surface area contributed by atoms with Gasteiger partial charge in [0.05, 0.1) is 9.26 Å². The van der Waals surface area contributed by atoms with Crippen molar-refractivity contribution in [1.82, 2.24) is 5.32 Å². The van der Waals surface area contributed by atoms with E-state index in [4.69, 9.17) is 11.6 Å². The van der Waals surface area contributed by atoms with Crippen LogP contribution in [0.3, 0.4) is 0 Å². The average molecular weight is 323 g/mol. The lowest BCUT2D eigenvalue weighted by Gasteiger charge is -2.23. The van der Waals surface area contributed by atoms with Gasteiger partial charge in [-0.25, -0.2) is 0 Å². The molecule has 0 aliphatic heterocycles. The van der Waals surface area contributed by atoms with Crippen LogP contribution >= 0.6 is 22.9 Å². The number of non-ortho nitro benzene ring substituents is 1. The Morgan fingerprint density at radius 3 is 3.10 bits per heavy atom. The Morgan fingerprint density at radius 2 is 2.29 bits per heavy atom. The Morgan fingerprint density at radius 1 is 1.43 bits per heavy atom. The monoisotopic (exact) mass is 322 g/mol. The molecule has 0 radical (unpaired) electrons. The summed E-state index contributed by atoms with van der Waals surface area (Å²) in [7, 11) is 0. The molecule has 110 valence electrons. The number of nitrogens with one attached hydrogen (secondary N) is 1. The van der Waals surface area contributed by atoms with E-state index in [2.05, 4.69) is 5.32 Å². The quantitative estimate of drug-likeness (QED) is 0.667. The number of aryl methyl sites for hydroxylation is 1. The molecule has 6 heteroatoms. The normalized spacial score (nSPS) is 17.5. The molecule has 1 aliphatic rings. The minimum Gasteiger partial charge on any atom is -0.306 e. The fourth-order valence-electron chi connectivity index (χ4n) is 2.75. The molecule has 0 saturated heterocycles.